The third-order valence-electron chi connectivity index (χ3n) is 5.93. The number of nitrogens with zero attached hydrogens (tertiary/aromatic N) is 4. The summed E-state index contributed by atoms with van der Waals surface area (Å²) in [5.74, 6) is -2.16. The van der Waals surface area contributed by atoms with Crippen LogP contribution < -0.4 is 16.4 Å². The first-order valence-electron chi connectivity index (χ1n) is 11.3. The number of carboxylic acid groups (broad SMARTS) is 1. The molecule has 0 aromatic carbocycles. The Morgan fingerprint density at radius 3 is 2.71 bits per heavy atom. The highest BCUT2D eigenvalue weighted by atomic mass is 32.2. The highest BCUT2D eigenvalue weighted by Crippen LogP contribution is 2.47. The van der Waals surface area contributed by atoms with Crippen molar-refractivity contribution in [2.75, 3.05) is 18.6 Å². The second-order valence-electron chi connectivity index (χ2n) is 9.42. The van der Waals surface area contributed by atoms with Crippen molar-refractivity contribution in [3.8, 4) is 0 Å². The van der Waals surface area contributed by atoms with Gasteiger partial charge in [-0.15, -0.1) is 33.3 Å². The Labute approximate surface area is 230 Å². The van der Waals surface area contributed by atoms with Crippen molar-refractivity contribution >= 4 is 58.7 Å². The number of β-lactam (4-membered cyclic amide) rings is 1. The van der Waals surface area contributed by atoms with Crippen LogP contribution in [-0.2, 0) is 24.7 Å². The van der Waals surface area contributed by atoms with Crippen molar-refractivity contribution in [3.63, 3.8) is 0 Å². The first kappa shape index (κ1) is 27.9. The van der Waals surface area contributed by atoms with E-state index in [-0.39, 0.29) is 22.7 Å². The molecule has 2 unspecified atom stereocenters. The maximum atomic E-state index is 13.4. The Morgan fingerprint density at radius 2 is 2.13 bits per heavy atom. The number of ether oxygens (including phenoxy) is 1. The average Bonchev–Trinajstić information content (AvgIpc) is 3.55. The maximum absolute atomic E-state index is 13.4. The van der Waals surface area contributed by atoms with Gasteiger partial charge in [-0.2, -0.15) is 0 Å². The Hall–Kier alpha value is -3.08. The monoisotopic (exact) mass is 581 g/mol. The standard InChI is InChI=1S/C22H27N7O6S3/c1-21(2,3)28-10-24-27-20(28)38-9-11-8-37-18-22(35-4,17(33)29(18)14(11)16(31)32)26-15(30)13(25-19(23)34)12-6-5-7-36-12/h5-7,10,13,18H,8-9H2,1-4H3,(H,26,30)(H,31,32)(H3,23,25,34)/t13?,18?,22-/m0/s1. The van der Waals surface area contributed by atoms with Gasteiger partial charge in [0.05, 0.1) is 0 Å². The molecular weight excluding hydrogens is 554 g/mol. The van der Waals surface area contributed by atoms with E-state index >= 15 is 0 Å². The number of methoxy groups -OCH3 is 1. The highest BCUT2D eigenvalue weighted by molar-refractivity contribution is 8.01. The third-order valence-corrected chi connectivity index (χ3v) is 9.27. The Morgan fingerprint density at radius 1 is 1.39 bits per heavy atom. The molecule has 2 aliphatic heterocycles. The third kappa shape index (κ3) is 5.00. The summed E-state index contributed by atoms with van der Waals surface area (Å²) in [6.07, 6.45) is 1.62. The molecule has 2 aliphatic rings. The lowest BCUT2D eigenvalue weighted by atomic mass is 9.97. The van der Waals surface area contributed by atoms with Gasteiger partial charge in [0.25, 0.3) is 17.5 Å². The predicted octanol–water partition coefficient (Wildman–Crippen LogP) is 1.31. The molecule has 0 radical (unpaired) electrons. The van der Waals surface area contributed by atoms with Gasteiger partial charge in [0.2, 0.25) is 0 Å². The van der Waals surface area contributed by atoms with E-state index in [9.17, 15) is 24.3 Å². The van der Waals surface area contributed by atoms with E-state index in [4.69, 9.17) is 10.5 Å². The zero-order chi connectivity index (χ0) is 27.8. The molecule has 16 heteroatoms. The fourth-order valence-electron chi connectivity index (χ4n) is 4.11. The molecule has 5 N–H and O–H groups in total. The number of rotatable bonds is 9. The fraction of sp³-hybridized carbons (Fsp3) is 0.455. The number of nitrogens with one attached hydrogen (secondary N) is 2. The summed E-state index contributed by atoms with van der Waals surface area (Å²) >= 11 is 3.82. The number of hydrogen-bond donors (Lipinski definition) is 4. The summed E-state index contributed by atoms with van der Waals surface area (Å²) in [5, 5.41) is 24.6. The van der Waals surface area contributed by atoms with Crippen molar-refractivity contribution in [2.45, 2.75) is 48.6 Å². The quantitative estimate of drug-likeness (QED) is 0.191. The summed E-state index contributed by atoms with van der Waals surface area (Å²) < 4.78 is 7.40. The molecule has 0 saturated carbocycles. The Bertz CT molecular complexity index is 1290. The maximum Gasteiger partial charge on any atom is 0.352 e. The Balaban J connectivity index is 1.57. The SMILES string of the molecule is CO[C@@]1(NC(=O)C(NC(N)=O)c2cccs2)C(=O)N2C(C(=O)O)=C(CSc3nncn3C(C)(C)C)CSC21. The molecule has 38 heavy (non-hydrogen) atoms. The number of urea groups is 1. The molecule has 13 nitrogen and oxygen atoms in total. The number of fused-ring (bicyclic) bond motifs is 1. The minimum Gasteiger partial charge on any atom is -0.477 e. The van der Waals surface area contributed by atoms with E-state index in [1.807, 2.05) is 25.3 Å². The number of carbonyl (C=O) groups excluding carboxylic acids is 3. The van der Waals surface area contributed by atoms with Gasteiger partial charge < -0.3 is 30.8 Å². The number of primary amides is 1. The van der Waals surface area contributed by atoms with E-state index in [0.717, 1.165) is 4.90 Å². The zero-order valence-electron chi connectivity index (χ0n) is 21.0. The van der Waals surface area contributed by atoms with Crippen molar-refractivity contribution in [2.24, 2.45) is 5.73 Å². The highest BCUT2D eigenvalue weighted by Gasteiger charge is 2.67. The second-order valence-corrected chi connectivity index (χ2v) is 12.4. The number of nitrogens with two attached hydrogens (primary N) is 1. The number of amides is 4. The van der Waals surface area contributed by atoms with Crippen LogP contribution in [0.5, 0.6) is 0 Å². The van der Waals surface area contributed by atoms with Gasteiger partial charge in [-0.1, -0.05) is 17.8 Å². The van der Waals surface area contributed by atoms with Gasteiger partial charge in [0, 0.05) is 29.0 Å². The first-order valence-corrected chi connectivity index (χ1v) is 14.2. The summed E-state index contributed by atoms with van der Waals surface area (Å²) in [5.41, 5.74) is 3.55. The van der Waals surface area contributed by atoms with Crippen molar-refractivity contribution in [3.05, 3.63) is 40.0 Å². The van der Waals surface area contributed by atoms with Gasteiger partial charge in [-0.05, 0) is 37.8 Å². The molecule has 3 atom stereocenters. The number of thiophene rings is 1. The summed E-state index contributed by atoms with van der Waals surface area (Å²) in [4.78, 5) is 52.1. The minimum absolute atomic E-state index is 0.153. The van der Waals surface area contributed by atoms with Crippen LogP contribution in [0.4, 0.5) is 4.79 Å². The van der Waals surface area contributed by atoms with Crippen LogP contribution in [0.15, 0.2) is 40.3 Å². The number of aliphatic carboxylic acids is 1. The predicted molar refractivity (Wildman–Crippen MR) is 141 cm³/mol. The van der Waals surface area contributed by atoms with Crippen LogP contribution in [-0.4, -0.2) is 78.3 Å². The normalized spacial score (nSPS) is 21.9. The number of thioether (sulfide) groups is 2. The molecule has 0 spiro atoms. The molecule has 0 bridgehead atoms. The molecule has 204 valence electrons. The van der Waals surface area contributed by atoms with Crippen molar-refractivity contribution in [1.29, 1.82) is 0 Å². The molecule has 2 aromatic heterocycles. The molecular formula is C22H27N7O6S3. The van der Waals surface area contributed by atoms with Crippen LogP contribution in [0.25, 0.3) is 0 Å². The molecule has 4 heterocycles. The van der Waals surface area contributed by atoms with Crippen LogP contribution in [0.3, 0.4) is 0 Å². The summed E-state index contributed by atoms with van der Waals surface area (Å²) in [6.45, 7) is 6.01. The average molecular weight is 582 g/mol. The first-order chi connectivity index (χ1) is 17.9. The lowest BCUT2D eigenvalue weighted by Crippen LogP contribution is -2.81. The van der Waals surface area contributed by atoms with Gasteiger partial charge in [0.1, 0.15) is 23.4 Å². The van der Waals surface area contributed by atoms with E-state index in [0.29, 0.717) is 15.6 Å². The molecule has 1 saturated heterocycles. The lowest BCUT2D eigenvalue weighted by Gasteiger charge is -2.56. The molecule has 4 rings (SSSR count). The smallest absolute Gasteiger partial charge is 0.352 e. The van der Waals surface area contributed by atoms with E-state index in [1.165, 1.54) is 42.0 Å². The van der Waals surface area contributed by atoms with Gasteiger partial charge in [-0.25, -0.2) is 9.59 Å². The number of hydrogen-bond acceptors (Lipinski definition) is 10. The number of carboxylic acids is 1. The number of aromatic nitrogens is 3. The van der Waals surface area contributed by atoms with E-state index in [1.54, 1.807) is 23.8 Å². The second kappa shape index (κ2) is 10.6. The van der Waals surface area contributed by atoms with Crippen molar-refractivity contribution in [1.82, 2.24) is 30.3 Å². The van der Waals surface area contributed by atoms with Crippen LogP contribution >= 0.6 is 34.9 Å². The molecule has 0 aliphatic carbocycles. The van der Waals surface area contributed by atoms with E-state index in [2.05, 4.69) is 20.8 Å². The molecule has 2 aromatic rings. The summed E-state index contributed by atoms with van der Waals surface area (Å²) in [7, 11) is 1.26. The van der Waals surface area contributed by atoms with E-state index < -0.39 is 41.0 Å². The molecule has 4 amide bonds. The zero-order valence-corrected chi connectivity index (χ0v) is 23.4. The summed E-state index contributed by atoms with van der Waals surface area (Å²) in [6, 6.07) is 1.27. The lowest BCUT2D eigenvalue weighted by molar-refractivity contribution is -0.192. The van der Waals surface area contributed by atoms with Crippen LogP contribution in [0.1, 0.15) is 31.7 Å². The van der Waals surface area contributed by atoms with Gasteiger partial charge >= 0.3 is 12.0 Å². The van der Waals surface area contributed by atoms with Crippen LogP contribution in [0, 0.1) is 0 Å². The van der Waals surface area contributed by atoms with Gasteiger partial charge in [0.15, 0.2) is 5.16 Å². The number of carbonyl (C=O) groups is 4. The van der Waals surface area contributed by atoms with Crippen LogP contribution in [0.2, 0.25) is 0 Å². The fourth-order valence-corrected chi connectivity index (χ4v) is 7.56. The largest absolute Gasteiger partial charge is 0.477 e. The Kier molecular flexibility index (Phi) is 7.79. The minimum atomic E-state index is -1.82. The van der Waals surface area contributed by atoms with Crippen molar-refractivity contribution < 1.29 is 29.0 Å². The topological polar surface area (TPSA) is 182 Å². The van der Waals surface area contributed by atoms with Gasteiger partial charge in [-0.3, -0.25) is 14.5 Å². The molecule has 1 fully saturated rings.